The maximum absolute atomic E-state index is 13.1. The molecule has 0 bridgehead atoms. The van der Waals surface area contributed by atoms with Crippen LogP contribution >= 0.6 is 11.8 Å². The van der Waals surface area contributed by atoms with Gasteiger partial charge in [0.15, 0.2) is 5.16 Å². The van der Waals surface area contributed by atoms with Gasteiger partial charge in [-0.3, -0.25) is 10.1 Å². The molecule has 8 heteroatoms. The van der Waals surface area contributed by atoms with Crippen molar-refractivity contribution in [1.29, 1.82) is 0 Å². The number of benzene rings is 2. The smallest absolute Gasteiger partial charge is 0.269 e. The van der Waals surface area contributed by atoms with Crippen molar-refractivity contribution in [2.24, 2.45) is 0 Å². The molecule has 0 atom stereocenters. The Morgan fingerprint density at radius 1 is 1.19 bits per heavy atom. The van der Waals surface area contributed by atoms with Crippen molar-refractivity contribution in [3.8, 4) is 0 Å². The lowest BCUT2D eigenvalue weighted by molar-refractivity contribution is -0.384. The van der Waals surface area contributed by atoms with Crippen molar-refractivity contribution in [3.63, 3.8) is 0 Å². The van der Waals surface area contributed by atoms with Gasteiger partial charge in [0.1, 0.15) is 5.82 Å². The second kappa shape index (κ2) is 8.11. The van der Waals surface area contributed by atoms with Crippen LogP contribution in [0, 0.1) is 15.9 Å². The average Bonchev–Trinajstić information content (AvgIpc) is 3.03. The summed E-state index contributed by atoms with van der Waals surface area (Å²) in [4.78, 5) is 14.8. The normalized spacial score (nSPS) is 10.8. The maximum Gasteiger partial charge on any atom is 0.269 e. The topological polar surface area (TPSA) is 81.2 Å². The molecule has 0 aliphatic rings. The van der Waals surface area contributed by atoms with Crippen LogP contribution in [0.2, 0.25) is 0 Å². The molecule has 0 saturated carbocycles. The summed E-state index contributed by atoms with van der Waals surface area (Å²) in [6.07, 6.45) is 1.60. The minimum Gasteiger partial charge on any atom is -0.390 e. The highest BCUT2D eigenvalue weighted by Gasteiger charge is 2.12. The number of halogens is 1. The Bertz CT molecular complexity index is 912. The van der Waals surface area contributed by atoms with Crippen LogP contribution in [0.15, 0.2) is 59.9 Å². The summed E-state index contributed by atoms with van der Waals surface area (Å²) in [5.74, 6) is 0.203. The molecular formula is C18H16FN3O3S. The Kier molecular flexibility index (Phi) is 5.65. The number of nitro groups is 1. The van der Waals surface area contributed by atoms with Gasteiger partial charge in [-0.2, -0.15) is 0 Å². The molecule has 6 nitrogen and oxygen atoms in total. The van der Waals surface area contributed by atoms with E-state index in [1.807, 2.05) is 10.6 Å². The molecule has 0 saturated heterocycles. The van der Waals surface area contributed by atoms with Crippen molar-refractivity contribution >= 4 is 17.4 Å². The van der Waals surface area contributed by atoms with E-state index in [-0.39, 0.29) is 18.1 Å². The van der Waals surface area contributed by atoms with Crippen molar-refractivity contribution in [2.75, 3.05) is 0 Å². The summed E-state index contributed by atoms with van der Waals surface area (Å²) in [7, 11) is 0. The molecule has 1 N–H and O–H groups in total. The standard InChI is InChI=1S/C18H16FN3O3S/c19-15-6-4-13(5-7-15)10-21-17(11-23)9-20-18(21)26-12-14-2-1-3-16(8-14)22(24)25/h1-9,23H,10-12H2. The lowest BCUT2D eigenvalue weighted by atomic mass is 10.2. The third kappa shape index (κ3) is 4.27. The van der Waals surface area contributed by atoms with Gasteiger partial charge in [0.2, 0.25) is 0 Å². The second-order valence-electron chi connectivity index (χ2n) is 5.62. The van der Waals surface area contributed by atoms with E-state index in [2.05, 4.69) is 4.98 Å². The van der Waals surface area contributed by atoms with Gasteiger partial charge in [0.05, 0.1) is 23.4 Å². The first-order valence-corrected chi connectivity index (χ1v) is 8.81. The van der Waals surface area contributed by atoms with E-state index >= 15 is 0 Å². The van der Waals surface area contributed by atoms with Crippen LogP contribution in [-0.2, 0) is 18.9 Å². The van der Waals surface area contributed by atoms with E-state index in [0.29, 0.717) is 23.1 Å². The van der Waals surface area contributed by atoms with Crippen LogP contribution < -0.4 is 0 Å². The zero-order valence-electron chi connectivity index (χ0n) is 13.7. The van der Waals surface area contributed by atoms with Crippen LogP contribution in [0.25, 0.3) is 0 Å². The van der Waals surface area contributed by atoms with E-state index in [0.717, 1.165) is 11.1 Å². The van der Waals surface area contributed by atoms with Crippen LogP contribution in [0.5, 0.6) is 0 Å². The molecule has 1 aromatic heterocycles. The second-order valence-corrected chi connectivity index (χ2v) is 6.56. The number of aliphatic hydroxyl groups is 1. The Balaban J connectivity index is 1.78. The molecule has 3 rings (SSSR count). The Morgan fingerprint density at radius 2 is 1.96 bits per heavy atom. The quantitative estimate of drug-likeness (QED) is 0.387. The monoisotopic (exact) mass is 373 g/mol. The van der Waals surface area contributed by atoms with Crippen molar-refractivity contribution in [1.82, 2.24) is 9.55 Å². The Labute approximate surface area is 153 Å². The zero-order valence-corrected chi connectivity index (χ0v) is 14.5. The zero-order chi connectivity index (χ0) is 18.5. The van der Waals surface area contributed by atoms with Crippen LogP contribution in [0.1, 0.15) is 16.8 Å². The summed E-state index contributed by atoms with van der Waals surface area (Å²) in [5.41, 5.74) is 2.40. The fourth-order valence-electron chi connectivity index (χ4n) is 2.48. The Morgan fingerprint density at radius 3 is 2.65 bits per heavy atom. The van der Waals surface area contributed by atoms with E-state index < -0.39 is 4.92 Å². The van der Waals surface area contributed by atoms with Crippen LogP contribution in [0.4, 0.5) is 10.1 Å². The number of non-ortho nitro benzene ring substituents is 1. The molecule has 0 amide bonds. The summed E-state index contributed by atoms with van der Waals surface area (Å²) >= 11 is 1.42. The van der Waals surface area contributed by atoms with E-state index in [1.54, 1.807) is 24.4 Å². The van der Waals surface area contributed by atoms with Crippen LogP contribution in [0.3, 0.4) is 0 Å². The molecular weight excluding hydrogens is 357 g/mol. The minimum atomic E-state index is -0.423. The van der Waals surface area contributed by atoms with Crippen molar-refractivity contribution < 1.29 is 14.4 Å². The summed E-state index contributed by atoms with van der Waals surface area (Å²) in [6.45, 7) is 0.291. The molecule has 134 valence electrons. The predicted molar refractivity (Wildman–Crippen MR) is 96.3 cm³/mol. The fraction of sp³-hybridized carbons (Fsp3) is 0.167. The lowest BCUT2D eigenvalue weighted by Gasteiger charge is -2.11. The van der Waals surface area contributed by atoms with Crippen molar-refractivity contribution in [3.05, 3.63) is 87.5 Å². The minimum absolute atomic E-state index is 0.0498. The molecule has 0 aliphatic carbocycles. The molecule has 26 heavy (non-hydrogen) atoms. The highest BCUT2D eigenvalue weighted by Crippen LogP contribution is 2.25. The van der Waals surface area contributed by atoms with Gasteiger partial charge in [-0.15, -0.1) is 0 Å². The number of rotatable bonds is 7. The first-order chi connectivity index (χ1) is 12.6. The van der Waals surface area contributed by atoms with E-state index in [9.17, 15) is 19.6 Å². The highest BCUT2D eigenvalue weighted by atomic mass is 32.2. The average molecular weight is 373 g/mol. The maximum atomic E-state index is 13.1. The summed E-state index contributed by atoms with van der Waals surface area (Å²) in [5, 5.41) is 21.1. The van der Waals surface area contributed by atoms with Gasteiger partial charge in [-0.25, -0.2) is 9.37 Å². The van der Waals surface area contributed by atoms with E-state index in [1.165, 1.54) is 36.0 Å². The van der Waals surface area contributed by atoms with Gasteiger partial charge >= 0.3 is 0 Å². The predicted octanol–water partition coefficient (Wildman–Crippen LogP) is 3.76. The number of imidazole rings is 1. The molecule has 0 fully saturated rings. The summed E-state index contributed by atoms with van der Waals surface area (Å²) < 4.78 is 14.9. The van der Waals surface area contributed by atoms with Crippen molar-refractivity contribution in [2.45, 2.75) is 24.1 Å². The molecule has 0 unspecified atom stereocenters. The Hall–Kier alpha value is -2.71. The molecule has 2 aromatic carbocycles. The van der Waals surface area contributed by atoms with E-state index in [4.69, 9.17) is 0 Å². The number of aromatic nitrogens is 2. The summed E-state index contributed by atoms with van der Waals surface area (Å²) in [6, 6.07) is 12.6. The first-order valence-electron chi connectivity index (χ1n) is 7.82. The molecule has 0 spiro atoms. The molecule has 3 aromatic rings. The van der Waals surface area contributed by atoms with Gasteiger partial charge in [0, 0.05) is 24.4 Å². The lowest BCUT2D eigenvalue weighted by Crippen LogP contribution is -2.06. The number of hydrogen-bond donors (Lipinski definition) is 1. The highest BCUT2D eigenvalue weighted by molar-refractivity contribution is 7.98. The van der Waals surface area contributed by atoms with Crippen LogP contribution in [-0.4, -0.2) is 19.6 Å². The van der Waals surface area contributed by atoms with Gasteiger partial charge in [0.25, 0.3) is 5.69 Å². The van der Waals surface area contributed by atoms with Gasteiger partial charge in [-0.05, 0) is 23.3 Å². The largest absolute Gasteiger partial charge is 0.390 e. The number of nitrogens with zero attached hydrogens (tertiary/aromatic N) is 3. The SMILES string of the molecule is O=[N+]([O-])c1cccc(CSc2ncc(CO)n2Cc2ccc(F)cc2)c1. The molecule has 1 heterocycles. The third-order valence-corrected chi connectivity index (χ3v) is 4.87. The fourth-order valence-corrected chi connectivity index (χ4v) is 3.42. The third-order valence-electron chi connectivity index (χ3n) is 3.81. The molecule has 0 radical (unpaired) electrons. The number of hydrogen-bond acceptors (Lipinski definition) is 5. The number of nitro benzene ring substituents is 1. The molecule has 0 aliphatic heterocycles. The van der Waals surface area contributed by atoms with Gasteiger partial charge < -0.3 is 9.67 Å². The number of aliphatic hydroxyl groups excluding tert-OH is 1. The number of thioether (sulfide) groups is 1. The van der Waals surface area contributed by atoms with Gasteiger partial charge in [-0.1, -0.05) is 36.0 Å². The first kappa shape index (κ1) is 18.1.